The highest BCUT2D eigenvalue weighted by atomic mass is 16.5. The van der Waals surface area contributed by atoms with Gasteiger partial charge in [0.1, 0.15) is 11.8 Å². The Morgan fingerprint density at radius 3 is 2.59 bits per heavy atom. The molecule has 1 aromatic carbocycles. The van der Waals surface area contributed by atoms with E-state index in [-0.39, 0.29) is 11.8 Å². The Hall–Kier alpha value is -3.35. The van der Waals surface area contributed by atoms with Gasteiger partial charge in [0.2, 0.25) is 5.91 Å². The van der Waals surface area contributed by atoms with Crippen LogP contribution in [0.4, 0.5) is 5.69 Å². The number of nitrogens with one attached hydrogen (secondary N) is 1. The molecule has 7 heteroatoms. The molecule has 0 spiro atoms. The van der Waals surface area contributed by atoms with Crippen molar-refractivity contribution in [1.82, 2.24) is 14.6 Å². The van der Waals surface area contributed by atoms with Crippen molar-refractivity contribution >= 4 is 17.5 Å². The van der Waals surface area contributed by atoms with Crippen LogP contribution >= 0.6 is 0 Å². The van der Waals surface area contributed by atoms with Gasteiger partial charge in [0.15, 0.2) is 5.82 Å². The molecular formula is C22H24N4O3. The molecule has 0 bridgehead atoms. The fraction of sp³-hybridized carbons (Fsp3) is 0.318. The van der Waals surface area contributed by atoms with E-state index < -0.39 is 6.04 Å². The fourth-order valence-corrected chi connectivity index (χ4v) is 3.97. The molecule has 2 aromatic heterocycles. The second kappa shape index (κ2) is 7.58. The fourth-order valence-electron chi connectivity index (χ4n) is 3.97. The van der Waals surface area contributed by atoms with Crippen LogP contribution in [0.15, 0.2) is 47.0 Å². The van der Waals surface area contributed by atoms with Gasteiger partial charge in [-0.25, -0.2) is 0 Å². The van der Waals surface area contributed by atoms with Crippen molar-refractivity contribution in [1.29, 1.82) is 0 Å². The summed E-state index contributed by atoms with van der Waals surface area (Å²) in [6.07, 6.45) is 1.46. The maximum Gasteiger partial charge on any atom is 0.256 e. The summed E-state index contributed by atoms with van der Waals surface area (Å²) in [6.45, 7) is 6.21. The first-order valence-electron chi connectivity index (χ1n) is 9.75. The van der Waals surface area contributed by atoms with E-state index in [1.165, 1.54) is 0 Å². The van der Waals surface area contributed by atoms with Crippen LogP contribution in [0.3, 0.4) is 0 Å². The average molecular weight is 392 g/mol. The summed E-state index contributed by atoms with van der Waals surface area (Å²) in [5.41, 5.74) is 3.00. The Bertz CT molecular complexity index is 1050. The van der Waals surface area contributed by atoms with Crippen molar-refractivity contribution < 1.29 is 14.1 Å². The number of aromatic nitrogens is 2. The van der Waals surface area contributed by atoms with Crippen molar-refractivity contribution in [2.45, 2.75) is 39.7 Å². The van der Waals surface area contributed by atoms with E-state index in [1.807, 2.05) is 67.8 Å². The molecule has 2 amide bonds. The summed E-state index contributed by atoms with van der Waals surface area (Å²) >= 11 is 0. The van der Waals surface area contributed by atoms with Gasteiger partial charge in [0.05, 0.1) is 5.56 Å². The number of nitrogens with zero attached hydrogens (tertiary/aromatic N) is 3. The lowest BCUT2D eigenvalue weighted by molar-refractivity contribution is -0.119. The van der Waals surface area contributed by atoms with Crippen LogP contribution in [-0.2, 0) is 4.79 Å². The van der Waals surface area contributed by atoms with Gasteiger partial charge in [0, 0.05) is 29.7 Å². The quantitative estimate of drug-likeness (QED) is 0.735. The van der Waals surface area contributed by atoms with E-state index in [0.717, 1.165) is 23.5 Å². The lowest BCUT2D eigenvalue weighted by Gasteiger charge is -2.24. The van der Waals surface area contributed by atoms with E-state index in [2.05, 4.69) is 10.5 Å². The molecule has 3 aromatic rings. The zero-order chi connectivity index (χ0) is 20.5. The predicted octanol–water partition coefficient (Wildman–Crippen LogP) is 3.63. The number of rotatable bonds is 4. The van der Waals surface area contributed by atoms with E-state index in [9.17, 15) is 9.59 Å². The number of carbonyl (C=O) groups is 2. The largest absolute Gasteiger partial charge is 0.360 e. The minimum absolute atomic E-state index is 0.129. The summed E-state index contributed by atoms with van der Waals surface area (Å²) in [5.74, 6) is 1.08. The monoisotopic (exact) mass is 392 g/mol. The van der Waals surface area contributed by atoms with E-state index in [1.54, 1.807) is 4.90 Å². The van der Waals surface area contributed by atoms with Crippen LogP contribution in [0.5, 0.6) is 0 Å². The molecule has 1 atom stereocenters. The third-order valence-electron chi connectivity index (χ3n) is 5.36. The Labute approximate surface area is 169 Å². The molecule has 7 nitrogen and oxygen atoms in total. The summed E-state index contributed by atoms with van der Waals surface area (Å²) in [4.78, 5) is 27.8. The SMILES string of the molecule is Cc1cc(-n2c(C)cc(C(=O)N3CCCC3C(=O)Nc3ccccc3)c2C)no1. The highest BCUT2D eigenvalue weighted by Crippen LogP contribution is 2.26. The summed E-state index contributed by atoms with van der Waals surface area (Å²) in [7, 11) is 0. The number of benzene rings is 1. The van der Waals surface area contributed by atoms with Crippen molar-refractivity contribution in [2.75, 3.05) is 11.9 Å². The minimum Gasteiger partial charge on any atom is -0.360 e. The van der Waals surface area contributed by atoms with Crippen LogP contribution in [0.1, 0.15) is 40.3 Å². The van der Waals surface area contributed by atoms with Gasteiger partial charge in [-0.05, 0) is 51.8 Å². The number of carbonyl (C=O) groups excluding carboxylic acids is 2. The lowest BCUT2D eigenvalue weighted by Crippen LogP contribution is -2.43. The molecule has 1 fully saturated rings. The van der Waals surface area contributed by atoms with Crippen molar-refractivity contribution in [3.8, 4) is 5.82 Å². The topological polar surface area (TPSA) is 80.4 Å². The normalized spacial score (nSPS) is 16.2. The maximum absolute atomic E-state index is 13.3. The van der Waals surface area contributed by atoms with Gasteiger partial charge >= 0.3 is 0 Å². The molecule has 1 aliphatic rings. The molecule has 1 aliphatic heterocycles. The predicted molar refractivity (Wildman–Crippen MR) is 109 cm³/mol. The molecule has 0 aliphatic carbocycles. The molecular weight excluding hydrogens is 368 g/mol. The van der Waals surface area contributed by atoms with Crippen molar-refractivity contribution in [2.24, 2.45) is 0 Å². The van der Waals surface area contributed by atoms with Crippen LogP contribution in [0.25, 0.3) is 5.82 Å². The zero-order valence-corrected chi connectivity index (χ0v) is 16.8. The summed E-state index contributed by atoms with van der Waals surface area (Å²) in [5, 5.41) is 6.99. The van der Waals surface area contributed by atoms with Gasteiger partial charge in [-0.1, -0.05) is 23.4 Å². The average Bonchev–Trinajstić information content (AvgIpc) is 3.41. The standard InChI is InChI=1S/C22H24N4O3/c1-14-12-18(16(3)26(14)20-13-15(2)29-24-20)22(28)25-11-7-10-19(25)21(27)23-17-8-5-4-6-9-17/h4-6,8-9,12-13,19H,7,10-11H2,1-3H3,(H,23,27). The molecule has 4 rings (SSSR count). The first kappa shape index (κ1) is 19.0. The Morgan fingerprint density at radius 1 is 1.14 bits per heavy atom. The minimum atomic E-state index is -0.472. The highest BCUT2D eigenvalue weighted by molar-refractivity contribution is 6.02. The van der Waals surface area contributed by atoms with Crippen LogP contribution in [0, 0.1) is 20.8 Å². The Morgan fingerprint density at radius 2 is 1.90 bits per heavy atom. The number of aryl methyl sites for hydroxylation is 2. The first-order chi connectivity index (χ1) is 14.0. The number of hydrogen-bond acceptors (Lipinski definition) is 4. The number of hydrogen-bond donors (Lipinski definition) is 1. The number of anilines is 1. The molecule has 1 N–H and O–H groups in total. The third-order valence-corrected chi connectivity index (χ3v) is 5.36. The first-order valence-corrected chi connectivity index (χ1v) is 9.75. The second-order valence-corrected chi connectivity index (χ2v) is 7.43. The lowest BCUT2D eigenvalue weighted by atomic mass is 10.1. The van der Waals surface area contributed by atoms with Gasteiger partial charge in [-0.15, -0.1) is 0 Å². The van der Waals surface area contributed by atoms with Gasteiger partial charge in [0.25, 0.3) is 5.91 Å². The Balaban J connectivity index is 1.58. The maximum atomic E-state index is 13.3. The van der Waals surface area contributed by atoms with Crippen LogP contribution < -0.4 is 5.32 Å². The summed E-state index contributed by atoms with van der Waals surface area (Å²) in [6, 6.07) is 12.5. The molecule has 0 saturated carbocycles. The van der Waals surface area contributed by atoms with E-state index in [4.69, 9.17) is 4.52 Å². The molecule has 1 unspecified atom stereocenters. The van der Waals surface area contributed by atoms with Crippen LogP contribution in [0.2, 0.25) is 0 Å². The smallest absolute Gasteiger partial charge is 0.256 e. The van der Waals surface area contributed by atoms with Gasteiger partial charge < -0.3 is 14.7 Å². The number of amides is 2. The zero-order valence-electron chi connectivity index (χ0n) is 16.8. The van der Waals surface area contributed by atoms with Gasteiger partial charge in [-0.2, -0.15) is 0 Å². The van der Waals surface area contributed by atoms with Crippen molar-refractivity contribution in [3.63, 3.8) is 0 Å². The molecule has 3 heterocycles. The molecule has 29 heavy (non-hydrogen) atoms. The molecule has 150 valence electrons. The van der Waals surface area contributed by atoms with E-state index >= 15 is 0 Å². The number of likely N-dealkylation sites (tertiary alicyclic amines) is 1. The van der Waals surface area contributed by atoms with Crippen LogP contribution in [-0.4, -0.2) is 39.0 Å². The summed E-state index contributed by atoms with van der Waals surface area (Å²) < 4.78 is 7.09. The molecule has 0 radical (unpaired) electrons. The Kier molecular flexibility index (Phi) is 4.96. The molecule has 1 saturated heterocycles. The highest BCUT2D eigenvalue weighted by Gasteiger charge is 2.36. The van der Waals surface area contributed by atoms with Crippen molar-refractivity contribution in [3.05, 3.63) is 65.2 Å². The second-order valence-electron chi connectivity index (χ2n) is 7.43. The van der Waals surface area contributed by atoms with Gasteiger partial charge in [-0.3, -0.25) is 14.2 Å². The number of para-hydroxylation sites is 1. The van der Waals surface area contributed by atoms with E-state index in [0.29, 0.717) is 30.1 Å². The third kappa shape index (κ3) is 3.55.